The average molecular weight is 375 g/mol. The van der Waals surface area contributed by atoms with Crippen molar-refractivity contribution in [2.75, 3.05) is 0 Å². The zero-order valence-electron chi connectivity index (χ0n) is 15.8. The third-order valence-electron chi connectivity index (χ3n) is 5.47. The van der Waals surface area contributed by atoms with E-state index in [2.05, 4.69) is 53.5 Å². The maximum atomic E-state index is 6.18. The summed E-state index contributed by atoms with van der Waals surface area (Å²) in [5, 5.41) is 2.28. The second-order valence-corrected chi connectivity index (χ2v) is 7.30. The van der Waals surface area contributed by atoms with Crippen LogP contribution in [0.3, 0.4) is 0 Å². The van der Waals surface area contributed by atoms with E-state index in [1.54, 1.807) is 0 Å². The summed E-state index contributed by atoms with van der Waals surface area (Å²) in [6.45, 7) is 2.05. The average Bonchev–Trinajstić information content (AvgIpc) is 3.36. The van der Waals surface area contributed by atoms with Crippen LogP contribution in [0.4, 0.5) is 0 Å². The van der Waals surface area contributed by atoms with Gasteiger partial charge in [-0.15, -0.1) is 0 Å². The fourth-order valence-corrected chi connectivity index (χ4v) is 3.98. The monoisotopic (exact) mass is 375 g/mol. The molecule has 0 unspecified atom stereocenters. The maximum absolute atomic E-state index is 6.18. The molecule has 0 N–H and O–H groups in total. The zero-order valence-corrected chi connectivity index (χ0v) is 15.8. The number of fused-ring (bicyclic) bond motifs is 4. The molecule has 3 nitrogen and oxygen atoms in total. The van der Waals surface area contributed by atoms with Crippen molar-refractivity contribution in [2.24, 2.45) is 0 Å². The molecule has 2 heterocycles. The second kappa shape index (κ2) is 6.08. The molecule has 138 valence electrons. The summed E-state index contributed by atoms with van der Waals surface area (Å²) in [4.78, 5) is 4.68. The third-order valence-corrected chi connectivity index (χ3v) is 5.47. The molecular weight excluding hydrogens is 358 g/mol. The van der Waals surface area contributed by atoms with Crippen LogP contribution >= 0.6 is 0 Å². The van der Waals surface area contributed by atoms with E-state index in [0.717, 1.165) is 55.3 Å². The lowest BCUT2D eigenvalue weighted by Gasteiger charge is -2.04. The zero-order chi connectivity index (χ0) is 19.4. The van der Waals surface area contributed by atoms with Crippen LogP contribution in [0.15, 0.2) is 93.8 Å². The fraction of sp³-hybridized carbons (Fsp3) is 0.0385. The number of hydrogen-bond donors (Lipinski definition) is 0. The number of hydrogen-bond acceptors (Lipinski definition) is 3. The summed E-state index contributed by atoms with van der Waals surface area (Å²) < 4.78 is 12.1. The van der Waals surface area contributed by atoms with Crippen LogP contribution in [0.25, 0.3) is 55.6 Å². The third kappa shape index (κ3) is 2.48. The maximum Gasteiger partial charge on any atom is 0.227 e. The summed E-state index contributed by atoms with van der Waals surface area (Å²) >= 11 is 0. The van der Waals surface area contributed by atoms with Crippen LogP contribution in [0.2, 0.25) is 0 Å². The normalized spacial score (nSPS) is 11.6. The number of rotatable bonds is 2. The van der Waals surface area contributed by atoms with Crippen molar-refractivity contribution < 1.29 is 8.83 Å². The van der Waals surface area contributed by atoms with E-state index in [9.17, 15) is 0 Å². The van der Waals surface area contributed by atoms with Crippen LogP contribution in [-0.4, -0.2) is 4.98 Å². The molecule has 29 heavy (non-hydrogen) atoms. The first-order valence-electron chi connectivity index (χ1n) is 9.65. The van der Waals surface area contributed by atoms with Gasteiger partial charge in [0, 0.05) is 21.9 Å². The van der Waals surface area contributed by atoms with Gasteiger partial charge in [-0.2, -0.15) is 0 Å². The largest absolute Gasteiger partial charge is 0.455 e. The topological polar surface area (TPSA) is 39.2 Å². The van der Waals surface area contributed by atoms with E-state index in [-0.39, 0.29) is 0 Å². The summed E-state index contributed by atoms with van der Waals surface area (Å²) in [6.07, 6.45) is 0. The van der Waals surface area contributed by atoms with E-state index in [0.29, 0.717) is 5.89 Å². The molecule has 0 aliphatic heterocycles. The standard InChI is InChI=1S/C26H17NO2/c1-16-6-4-11-23-24(16)27-26(29-23)18-14-12-17(13-15-18)19-8-5-9-21-20-7-2-3-10-22(20)28-25(19)21/h2-15H,1H3. The predicted octanol–water partition coefficient (Wildman–Crippen LogP) is 7.37. The fourth-order valence-electron chi connectivity index (χ4n) is 3.98. The number of nitrogens with zero attached hydrogens (tertiary/aromatic N) is 1. The smallest absolute Gasteiger partial charge is 0.227 e. The molecule has 3 heteroatoms. The van der Waals surface area contributed by atoms with Crippen molar-refractivity contribution in [1.29, 1.82) is 0 Å². The van der Waals surface area contributed by atoms with Gasteiger partial charge in [-0.3, -0.25) is 0 Å². The quantitative estimate of drug-likeness (QED) is 0.317. The summed E-state index contributed by atoms with van der Waals surface area (Å²) in [5.41, 5.74) is 7.82. The number of benzene rings is 4. The molecular formula is C26H17NO2. The van der Waals surface area contributed by atoms with Crippen LogP contribution < -0.4 is 0 Å². The highest BCUT2D eigenvalue weighted by Gasteiger charge is 2.13. The number of oxazole rings is 1. The van der Waals surface area contributed by atoms with Crippen molar-refractivity contribution in [3.8, 4) is 22.6 Å². The van der Waals surface area contributed by atoms with Crippen molar-refractivity contribution in [3.63, 3.8) is 0 Å². The Balaban J connectivity index is 1.46. The van der Waals surface area contributed by atoms with Gasteiger partial charge >= 0.3 is 0 Å². The van der Waals surface area contributed by atoms with Gasteiger partial charge in [0.1, 0.15) is 16.7 Å². The Labute approximate surface area is 167 Å². The molecule has 0 saturated heterocycles. The molecule has 2 aromatic heterocycles. The Bertz CT molecular complexity index is 1500. The van der Waals surface area contributed by atoms with Crippen molar-refractivity contribution in [2.45, 2.75) is 6.92 Å². The van der Waals surface area contributed by atoms with Gasteiger partial charge in [-0.05, 0) is 42.3 Å². The summed E-state index contributed by atoms with van der Waals surface area (Å²) in [5.74, 6) is 0.641. The lowest BCUT2D eigenvalue weighted by atomic mass is 10.0. The Kier molecular flexibility index (Phi) is 3.38. The van der Waals surface area contributed by atoms with Gasteiger partial charge in [0.05, 0.1) is 0 Å². The van der Waals surface area contributed by atoms with Gasteiger partial charge < -0.3 is 8.83 Å². The van der Waals surface area contributed by atoms with Crippen molar-refractivity contribution in [3.05, 3.63) is 90.5 Å². The van der Waals surface area contributed by atoms with Gasteiger partial charge in [0.2, 0.25) is 5.89 Å². The number of aromatic nitrogens is 1. The first-order valence-corrected chi connectivity index (χ1v) is 9.65. The molecule has 0 amide bonds. The van der Waals surface area contributed by atoms with Crippen LogP contribution in [0.1, 0.15) is 5.56 Å². The van der Waals surface area contributed by atoms with Crippen LogP contribution in [-0.2, 0) is 0 Å². The molecule has 0 atom stereocenters. The van der Waals surface area contributed by atoms with Crippen molar-refractivity contribution >= 4 is 33.0 Å². The van der Waals surface area contributed by atoms with Crippen molar-refractivity contribution in [1.82, 2.24) is 4.98 Å². The van der Waals surface area contributed by atoms with E-state index in [1.807, 2.05) is 43.3 Å². The predicted molar refractivity (Wildman–Crippen MR) is 117 cm³/mol. The molecule has 0 saturated carbocycles. The van der Waals surface area contributed by atoms with E-state index in [1.165, 1.54) is 0 Å². The lowest BCUT2D eigenvalue weighted by Crippen LogP contribution is -1.81. The Morgan fingerprint density at radius 2 is 1.34 bits per heavy atom. The van der Waals surface area contributed by atoms with Crippen LogP contribution in [0, 0.1) is 6.92 Å². The SMILES string of the molecule is Cc1cccc2oc(-c3ccc(-c4cccc5c4oc4ccccc45)cc3)nc12. The Hall–Kier alpha value is -3.85. The lowest BCUT2D eigenvalue weighted by molar-refractivity contribution is 0.620. The second-order valence-electron chi connectivity index (χ2n) is 7.30. The molecule has 0 fully saturated rings. The van der Waals surface area contributed by atoms with Gasteiger partial charge in [0.25, 0.3) is 0 Å². The minimum absolute atomic E-state index is 0.641. The van der Waals surface area contributed by atoms with Crippen LogP contribution in [0.5, 0.6) is 0 Å². The molecule has 4 aromatic carbocycles. The highest BCUT2D eigenvalue weighted by atomic mass is 16.3. The molecule has 0 bridgehead atoms. The first-order chi connectivity index (χ1) is 14.3. The summed E-state index contributed by atoms with van der Waals surface area (Å²) in [6, 6.07) is 28.7. The molecule has 0 aliphatic rings. The molecule has 6 rings (SSSR count). The number of aryl methyl sites for hydroxylation is 1. The van der Waals surface area contributed by atoms with E-state index < -0.39 is 0 Å². The number of furan rings is 1. The van der Waals surface area contributed by atoms with Gasteiger partial charge in [-0.1, -0.05) is 60.7 Å². The Morgan fingerprint density at radius 1 is 0.621 bits per heavy atom. The molecule has 0 radical (unpaired) electrons. The van der Waals surface area contributed by atoms with Gasteiger partial charge in [-0.25, -0.2) is 4.98 Å². The highest BCUT2D eigenvalue weighted by molar-refractivity contribution is 6.09. The van der Waals surface area contributed by atoms with E-state index in [4.69, 9.17) is 8.83 Å². The van der Waals surface area contributed by atoms with Gasteiger partial charge in [0.15, 0.2) is 5.58 Å². The minimum atomic E-state index is 0.641. The van der Waals surface area contributed by atoms with E-state index >= 15 is 0 Å². The summed E-state index contributed by atoms with van der Waals surface area (Å²) in [7, 11) is 0. The molecule has 0 aliphatic carbocycles. The molecule has 0 spiro atoms. The number of para-hydroxylation sites is 3. The minimum Gasteiger partial charge on any atom is -0.455 e. The molecule has 6 aromatic rings. The Morgan fingerprint density at radius 3 is 2.21 bits per heavy atom. The first kappa shape index (κ1) is 16.1. The highest BCUT2D eigenvalue weighted by Crippen LogP contribution is 2.36.